The van der Waals surface area contributed by atoms with Crippen LogP contribution in [0.4, 0.5) is 11.4 Å². The van der Waals surface area contributed by atoms with Crippen molar-refractivity contribution >= 4 is 28.9 Å². The van der Waals surface area contributed by atoms with Crippen LogP contribution in [0.1, 0.15) is 33.3 Å². The summed E-state index contributed by atoms with van der Waals surface area (Å²) >= 11 is 5.87. The van der Waals surface area contributed by atoms with Gasteiger partial charge < -0.3 is 15.8 Å². The number of anilines is 2. The summed E-state index contributed by atoms with van der Waals surface area (Å²) in [5.74, 6) is 0.401. The van der Waals surface area contributed by atoms with Crippen molar-refractivity contribution in [1.82, 2.24) is 0 Å². The predicted octanol–water partition coefficient (Wildman–Crippen LogP) is 4.63. The standard InChI is InChI=1S/C19H23ClN2O2/c1-12(18(23)22-14-7-10-16(20)17(21)11-14)24-15-8-5-13(6-9-15)19(2,3)4/h5-12H,21H2,1-4H3,(H,22,23)/t12-/m0/s1. The van der Waals surface area contributed by atoms with Crippen LogP contribution in [0.25, 0.3) is 0 Å². The zero-order valence-electron chi connectivity index (χ0n) is 14.4. The Morgan fingerprint density at radius 3 is 2.33 bits per heavy atom. The Morgan fingerprint density at radius 1 is 1.17 bits per heavy atom. The van der Waals surface area contributed by atoms with Crippen LogP contribution < -0.4 is 15.8 Å². The molecule has 2 aromatic rings. The molecule has 24 heavy (non-hydrogen) atoms. The van der Waals surface area contributed by atoms with Gasteiger partial charge >= 0.3 is 0 Å². The maximum atomic E-state index is 12.2. The summed E-state index contributed by atoms with van der Waals surface area (Å²) in [4.78, 5) is 12.2. The van der Waals surface area contributed by atoms with Crippen molar-refractivity contribution in [2.24, 2.45) is 0 Å². The highest BCUT2D eigenvalue weighted by Gasteiger charge is 2.17. The maximum Gasteiger partial charge on any atom is 0.265 e. The molecule has 1 amide bonds. The minimum Gasteiger partial charge on any atom is -0.481 e. The molecule has 2 aromatic carbocycles. The summed E-state index contributed by atoms with van der Waals surface area (Å²) in [7, 11) is 0. The van der Waals surface area contributed by atoms with Gasteiger partial charge in [-0.15, -0.1) is 0 Å². The number of carbonyl (C=O) groups excluding carboxylic acids is 1. The minimum atomic E-state index is -0.637. The third kappa shape index (κ3) is 4.65. The van der Waals surface area contributed by atoms with Gasteiger partial charge in [-0.3, -0.25) is 4.79 Å². The summed E-state index contributed by atoms with van der Waals surface area (Å²) in [6.45, 7) is 8.15. The molecule has 0 aliphatic rings. The van der Waals surface area contributed by atoms with E-state index < -0.39 is 6.10 Å². The average molecular weight is 347 g/mol. The van der Waals surface area contributed by atoms with Gasteiger partial charge in [-0.1, -0.05) is 44.5 Å². The monoisotopic (exact) mass is 346 g/mol. The van der Waals surface area contributed by atoms with Crippen LogP contribution in [-0.4, -0.2) is 12.0 Å². The molecule has 0 aliphatic carbocycles. The van der Waals surface area contributed by atoms with E-state index in [2.05, 4.69) is 26.1 Å². The van der Waals surface area contributed by atoms with Gasteiger partial charge in [0, 0.05) is 5.69 Å². The molecule has 0 aromatic heterocycles. The van der Waals surface area contributed by atoms with Crippen molar-refractivity contribution in [3.63, 3.8) is 0 Å². The zero-order chi connectivity index (χ0) is 17.9. The number of ether oxygens (including phenoxy) is 1. The first kappa shape index (κ1) is 18.1. The summed E-state index contributed by atoms with van der Waals surface area (Å²) in [5, 5.41) is 3.22. The van der Waals surface area contributed by atoms with Gasteiger partial charge in [0.1, 0.15) is 5.75 Å². The van der Waals surface area contributed by atoms with Crippen LogP contribution in [0.2, 0.25) is 5.02 Å². The zero-order valence-corrected chi connectivity index (χ0v) is 15.1. The Morgan fingerprint density at radius 2 is 1.79 bits per heavy atom. The van der Waals surface area contributed by atoms with E-state index in [-0.39, 0.29) is 11.3 Å². The van der Waals surface area contributed by atoms with E-state index in [9.17, 15) is 4.79 Å². The van der Waals surface area contributed by atoms with Crippen molar-refractivity contribution in [1.29, 1.82) is 0 Å². The molecule has 0 bridgehead atoms. The highest BCUT2D eigenvalue weighted by molar-refractivity contribution is 6.33. The highest BCUT2D eigenvalue weighted by Crippen LogP contribution is 2.25. The fourth-order valence-corrected chi connectivity index (χ4v) is 2.27. The number of carbonyl (C=O) groups is 1. The quantitative estimate of drug-likeness (QED) is 0.793. The van der Waals surface area contributed by atoms with E-state index in [1.54, 1.807) is 25.1 Å². The lowest BCUT2D eigenvalue weighted by atomic mass is 9.87. The summed E-state index contributed by atoms with van der Waals surface area (Å²) < 4.78 is 5.70. The van der Waals surface area contributed by atoms with Crippen molar-refractivity contribution < 1.29 is 9.53 Å². The van der Waals surface area contributed by atoms with E-state index in [1.807, 2.05) is 24.3 Å². The molecule has 3 N–H and O–H groups in total. The number of nitrogens with two attached hydrogens (primary N) is 1. The van der Waals surface area contributed by atoms with Gasteiger partial charge in [-0.25, -0.2) is 0 Å². The Kier molecular flexibility index (Phi) is 5.40. The molecule has 2 rings (SSSR count). The highest BCUT2D eigenvalue weighted by atomic mass is 35.5. The normalized spacial score (nSPS) is 12.5. The van der Waals surface area contributed by atoms with E-state index in [0.717, 1.165) is 0 Å². The van der Waals surface area contributed by atoms with Crippen molar-refractivity contribution in [2.45, 2.75) is 39.2 Å². The minimum absolute atomic E-state index is 0.0794. The van der Waals surface area contributed by atoms with E-state index >= 15 is 0 Å². The van der Waals surface area contributed by atoms with Crippen molar-refractivity contribution in [3.05, 3.63) is 53.1 Å². The van der Waals surface area contributed by atoms with Gasteiger partial charge in [0.05, 0.1) is 10.7 Å². The van der Waals surface area contributed by atoms with Gasteiger partial charge in [0.2, 0.25) is 0 Å². The molecule has 4 nitrogen and oxygen atoms in total. The second-order valence-corrected chi connectivity index (χ2v) is 7.17. The summed E-state index contributed by atoms with van der Waals surface area (Å²) in [5.41, 5.74) is 8.02. The molecule has 1 atom stereocenters. The lowest BCUT2D eigenvalue weighted by molar-refractivity contribution is -0.122. The summed E-state index contributed by atoms with van der Waals surface area (Å²) in [6, 6.07) is 12.7. The van der Waals surface area contributed by atoms with Crippen LogP contribution in [0, 0.1) is 0 Å². The first-order valence-electron chi connectivity index (χ1n) is 7.80. The molecule has 0 radical (unpaired) electrons. The molecule has 0 fully saturated rings. The second-order valence-electron chi connectivity index (χ2n) is 6.76. The number of nitrogen functional groups attached to an aromatic ring is 1. The van der Waals surface area contributed by atoms with Crippen molar-refractivity contribution in [2.75, 3.05) is 11.1 Å². The second kappa shape index (κ2) is 7.14. The number of benzene rings is 2. The van der Waals surface area contributed by atoms with E-state index in [0.29, 0.717) is 22.1 Å². The van der Waals surface area contributed by atoms with Gasteiger partial charge in [0.15, 0.2) is 6.10 Å². The first-order valence-corrected chi connectivity index (χ1v) is 8.17. The van der Waals surface area contributed by atoms with E-state index in [4.69, 9.17) is 22.1 Å². The Hall–Kier alpha value is -2.20. The van der Waals surface area contributed by atoms with Gasteiger partial charge in [-0.2, -0.15) is 0 Å². The number of hydrogen-bond donors (Lipinski definition) is 2. The molecule has 128 valence electrons. The summed E-state index contributed by atoms with van der Waals surface area (Å²) in [6.07, 6.45) is -0.637. The molecule has 0 saturated carbocycles. The number of rotatable bonds is 4. The number of halogens is 1. The average Bonchev–Trinajstić information content (AvgIpc) is 2.50. The fourth-order valence-electron chi connectivity index (χ4n) is 2.16. The largest absolute Gasteiger partial charge is 0.481 e. The van der Waals surface area contributed by atoms with E-state index in [1.165, 1.54) is 5.56 Å². The van der Waals surface area contributed by atoms with Gasteiger partial charge in [0.25, 0.3) is 5.91 Å². The fraction of sp³-hybridized carbons (Fsp3) is 0.316. The number of nitrogens with one attached hydrogen (secondary N) is 1. The van der Waals surface area contributed by atoms with Gasteiger partial charge in [-0.05, 0) is 48.2 Å². The third-order valence-corrected chi connectivity index (χ3v) is 4.01. The van der Waals surface area contributed by atoms with Crippen LogP contribution >= 0.6 is 11.6 Å². The molecular weight excluding hydrogens is 324 g/mol. The molecule has 0 aliphatic heterocycles. The molecule has 0 heterocycles. The van der Waals surface area contributed by atoms with Crippen LogP contribution in [-0.2, 0) is 10.2 Å². The topological polar surface area (TPSA) is 64.3 Å². The number of hydrogen-bond acceptors (Lipinski definition) is 3. The maximum absolute atomic E-state index is 12.2. The smallest absolute Gasteiger partial charge is 0.265 e. The van der Waals surface area contributed by atoms with Crippen LogP contribution in [0.3, 0.4) is 0 Å². The van der Waals surface area contributed by atoms with Crippen LogP contribution in [0.5, 0.6) is 5.75 Å². The third-order valence-electron chi connectivity index (χ3n) is 3.67. The molecular formula is C19H23ClN2O2. The Bertz CT molecular complexity index is 721. The Balaban J connectivity index is 1.99. The van der Waals surface area contributed by atoms with Crippen molar-refractivity contribution in [3.8, 4) is 5.75 Å². The molecule has 5 heteroatoms. The molecule has 0 unspecified atom stereocenters. The molecule has 0 spiro atoms. The molecule has 0 saturated heterocycles. The first-order chi connectivity index (χ1) is 11.2. The lowest BCUT2D eigenvalue weighted by Gasteiger charge is -2.20. The van der Waals surface area contributed by atoms with Crippen LogP contribution in [0.15, 0.2) is 42.5 Å². The predicted molar refractivity (Wildman–Crippen MR) is 99.7 cm³/mol. The Labute approximate surface area is 148 Å². The SMILES string of the molecule is C[C@H](Oc1ccc(C(C)(C)C)cc1)C(=O)Nc1ccc(Cl)c(N)c1. The number of amides is 1. The lowest BCUT2D eigenvalue weighted by Crippen LogP contribution is -2.30.